The summed E-state index contributed by atoms with van der Waals surface area (Å²) in [5.41, 5.74) is 7.54. The van der Waals surface area contributed by atoms with Gasteiger partial charge in [0.15, 0.2) is 11.5 Å². The summed E-state index contributed by atoms with van der Waals surface area (Å²) in [6.07, 6.45) is 0.619. The highest BCUT2D eigenvalue weighted by molar-refractivity contribution is 8.14. The second-order valence-electron chi connectivity index (χ2n) is 6.75. The Hall–Kier alpha value is -3.34. The number of rotatable bonds is 8. The first-order valence-electron chi connectivity index (χ1n) is 9.66. The number of thioether (sulfide) groups is 1. The predicted molar refractivity (Wildman–Crippen MR) is 118 cm³/mol. The zero-order valence-corrected chi connectivity index (χ0v) is 18.2. The number of carbonyl (C=O) groups is 2. The summed E-state index contributed by atoms with van der Waals surface area (Å²) in [4.78, 5) is 23.6. The van der Waals surface area contributed by atoms with E-state index in [2.05, 4.69) is 15.2 Å². The molecule has 1 atom stereocenters. The minimum Gasteiger partial charge on any atom is -0.493 e. The van der Waals surface area contributed by atoms with E-state index in [1.807, 2.05) is 6.92 Å². The lowest BCUT2D eigenvalue weighted by Crippen LogP contribution is -2.34. The highest BCUT2D eigenvalue weighted by atomic mass is 32.2. The number of anilines is 1. The molecule has 3 N–H and O–H groups in total. The van der Waals surface area contributed by atoms with Gasteiger partial charge in [0.2, 0.25) is 0 Å². The Morgan fingerprint density at radius 3 is 2.56 bits per heavy atom. The molecule has 1 aliphatic heterocycles. The monoisotopic (exact) mass is 464 g/mol. The molecule has 0 aliphatic carbocycles. The average molecular weight is 464 g/mol. The molecule has 0 aromatic heterocycles. The van der Waals surface area contributed by atoms with Crippen LogP contribution in [0.3, 0.4) is 0 Å². The molecule has 2 aromatic carbocycles. The number of carbonyl (C=O) groups excluding carboxylic acids is 2. The second kappa shape index (κ2) is 10.3. The number of ether oxygens (including phenoxy) is 2. The molecule has 1 aliphatic rings. The number of nitrogens with two attached hydrogens (primary N) is 1. The number of alkyl halides is 2. The Morgan fingerprint density at radius 2 is 1.97 bits per heavy atom. The number of primary amides is 1. The van der Waals surface area contributed by atoms with Crippen molar-refractivity contribution < 1.29 is 27.8 Å². The summed E-state index contributed by atoms with van der Waals surface area (Å²) in [5, 5.41) is 7.85. The fraction of sp³-hybridized carbons (Fsp3) is 0.286. The van der Waals surface area contributed by atoms with Gasteiger partial charge in [0.1, 0.15) is 0 Å². The number of nitrogens with one attached hydrogen (secondary N) is 1. The van der Waals surface area contributed by atoms with E-state index in [0.717, 1.165) is 17.3 Å². The molecule has 1 heterocycles. The van der Waals surface area contributed by atoms with Gasteiger partial charge in [0.05, 0.1) is 24.6 Å². The van der Waals surface area contributed by atoms with Crippen LogP contribution in [0.4, 0.5) is 24.1 Å². The van der Waals surface area contributed by atoms with Crippen LogP contribution in [0, 0.1) is 0 Å². The van der Waals surface area contributed by atoms with Crippen LogP contribution < -0.4 is 20.5 Å². The van der Waals surface area contributed by atoms with Crippen molar-refractivity contribution in [3.8, 4) is 11.5 Å². The van der Waals surface area contributed by atoms with Gasteiger partial charge in [-0.05, 0) is 42.3 Å². The van der Waals surface area contributed by atoms with Gasteiger partial charge in [0, 0.05) is 11.3 Å². The molecule has 0 radical (unpaired) electrons. The van der Waals surface area contributed by atoms with Gasteiger partial charge in [0.25, 0.3) is 0 Å². The Morgan fingerprint density at radius 1 is 1.25 bits per heavy atom. The van der Waals surface area contributed by atoms with Gasteiger partial charge >= 0.3 is 17.9 Å². The number of methoxy groups -OCH3 is 1. The standard InChI is InChI=1S/C21H22F2N4O4S/c1-3-17-18(13-6-9-15(30-2)16(10-13)31-19(22)23)26-27(21(29)32-17)11-12-4-7-14(8-5-12)25-20(24)28/h4-10,17,19H,3,11H2,1-2H3,(H3,24,25,28). The Kier molecular flexibility index (Phi) is 7.52. The van der Waals surface area contributed by atoms with E-state index >= 15 is 0 Å². The van der Waals surface area contributed by atoms with Crippen molar-refractivity contribution in [2.24, 2.45) is 10.8 Å². The molecule has 2 aromatic rings. The maximum atomic E-state index is 12.8. The molecular weight excluding hydrogens is 442 g/mol. The summed E-state index contributed by atoms with van der Waals surface area (Å²) >= 11 is 1.12. The van der Waals surface area contributed by atoms with Gasteiger partial charge in [-0.25, -0.2) is 9.80 Å². The third-order valence-corrected chi connectivity index (χ3v) is 5.84. The van der Waals surface area contributed by atoms with Crippen LogP contribution in [0.2, 0.25) is 0 Å². The zero-order valence-electron chi connectivity index (χ0n) is 17.4. The third kappa shape index (κ3) is 5.67. The Balaban J connectivity index is 1.89. The fourth-order valence-corrected chi connectivity index (χ4v) is 4.06. The van der Waals surface area contributed by atoms with E-state index in [4.69, 9.17) is 10.5 Å². The third-order valence-electron chi connectivity index (χ3n) is 4.59. The number of hydrogen-bond acceptors (Lipinski definition) is 6. The molecule has 0 spiro atoms. The number of nitrogens with zero attached hydrogens (tertiary/aromatic N) is 2. The van der Waals surface area contributed by atoms with E-state index in [-0.39, 0.29) is 28.5 Å². The number of hydrazone groups is 1. The summed E-state index contributed by atoms with van der Waals surface area (Å²) in [6.45, 7) is -0.895. The molecule has 0 bridgehead atoms. The quantitative estimate of drug-likeness (QED) is 0.592. The van der Waals surface area contributed by atoms with Gasteiger partial charge in [-0.3, -0.25) is 4.79 Å². The molecule has 1 unspecified atom stereocenters. The molecule has 32 heavy (non-hydrogen) atoms. The first-order chi connectivity index (χ1) is 15.3. The van der Waals surface area contributed by atoms with Gasteiger partial charge in [-0.1, -0.05) is 30.8 Å². The maximum absolute atomic E-state index is 12.8. The van der Waals surface area contributed by atoms with Crippen LogP contribution in [0.15, 0.2) is 47.6 Å². The lowest BCUT2D eigenvalue weighted by molar-refractivity contribution is -0.0512. The number of hydrogen-bond donors (Lipinski definition) is 2. The van der Waals surface area contributed by atoms with Crippen LogP contribution in [0.1, 0.15) is 24.5 Å². The molecule has 0 saturated heterocycles. The molecule has 0 saturated carbocycles. The number of benzene rings is 2. The van der Waals surface area contributed by atoms with E-state index in [9.17, 15) is 18.4 Å². The minimum atomic E-state index is -3.01. The molecule has 8 nitrogen and oxygen atoms in total. The van der Waals surface area contributed by atoms with Gasteiger partial charge in [-0.2, -0.15) is 13.9 Å². The predicted octanol–water partition coefficient (Wildman–Crippen LogP) is 4.64. The van der Waals surface area contributed by atoms with Crippen molar-refractivity contribution in [2.75, 3.05) is 12.4 Å². The molecule has 3 rings (SSSR count). The van der Waals surface area contributed by atoms with Crippen LogP contribution in [0.25, 0.3) is 0 Å². The topological polar surface area (TPSA) is 106 Å². The van der Waals surface area contributed by atoms with Crippen LogP contribution >= 0.6 is 11.8 Å². The maximum Gasteiger partial charge on any atom is 0.387 e. The van der Waals surface area contributed by atoms with E-state index in [1.54, 1.807) is 30.3 Å². The van der Waals surface area contributed by atoms with Crippen molar-refractivity contribution in [1.82, 2.24) is 5.01 Å². The lowest BCUT2D eigenvalue weighted by atomic mass is 10.0. The second-order valence-corrected chi connectivity index (χ2v) is 7.91. The molecular formula is C21H22F2N4O4S. The van der Waals surface area contributed by atoms with Crippen LogP contribution in [-0.2, 0) is 6.54 Å². The van der Waals surface area contributed by atoms with Crippen molar-refractivity contribution >= 4 is 34.4 Å². The van der Waals surface area contributed by atoms with E-state index < -0.39 is 12.6 Å². The molecule has 170 valence electrons. The molecule has 11 heteroatoms. The highest BCUT2D eigenvalue weighted by Gasteiger charge is 2.30. The van der Waals surface area contributed by atoms with Crippen molar-refractivity contribution in [3.63, 3.8) is 0 Å². The number of urea groups is 1. The van der Waals surface area contributed by atoms with Crippen molar-refractivity contribution in [2.45, 2.75) is 31.8 Å². The number of amides is 3. The van der Waals surface area contributed by atoms with Crippen molar-refractivity contribution in [3.05, 3.63) is 53.6 Å². The number of halogens is 2. The highest BCUT2D eigenvalue weighted by Crippen LogP contribution is 2.34. The Labute approximate surface area is 187 Å². The SMILES string of the molecule is CCC1SC(=O)N(Cc2ccc(NC(N)=O)cc2)N=C1c1ccc(OC)c(OC(F)F)c1. The smallest absolute Gasteiger partial charge is 0.387 e. The van der Waals surface area contributed by atoms with Crippen molar-refractivity contribution in [1.29, 1.82) is 0 Å². The Bertz CT molecular complexity index is 1020. The summed E-state index contributed by atoms with van der Waals surface area (Å²) < 4.78 is 35.3. The zero-order chi connectivity index (χ0) is 23.3. The fourth-order valence-electron chi connectivity index (χ4n) is 3.13. The first kappa shape index (κ1) is 23.3. The van der Waals surface area contributed by atoms with Gasteiger partial charge in [-0.15, -0.1) is 0 Å². The summed E-state index contributed by atoms with van der Waals surface area (Å²) in [5.74, 6) is 0.0623. The largest absolute Gasteiger partial charge is 0.493 e. The molecule has 0 fully saturated rings. The normalized spacial score (nSPS) is 16.0. The summed E-state index contributed by atoms with van der Waals surface area (Å²) in [7, 11) is 1.36. The lowest BCUT2D eigenvalue weighted by Gasteiger charge is -2.28. The van der Waals surface area contributed by atoms with E-state index in [0.29, 0.717) is 23.4 Å². The minimum absolute atomic E-state index is 0.108. The van der Waals surface area contributed by atoms with E-state index in [1.165, 1.54) is 24.3 Å². The average Bonchev–Trinajstić information content (AvgIpc) is 2.75. The van der Waals surface area contributed by atoms with Crippen LogP contribution in [-0.4, -0.2) is 41.0 Å². The first-order valence-corrected chi connectivity index (χ1v) is 10.5. The molecule has 3 amide bonds. The van der Waals surface area contributed by atoms with Crippen LogP contribution in [0.5, 0.6) is 11.5 Å². The van der Waals surface area contributed by atoms with Gasteiger partial charge < -0.3 is 20.5 Å². The summed E-state index contributed by atoms with van der Waals surface area (Å²) in [6, 6.07) is 10.8.